The van der Waals surface area contributed by atoms with Crippen molar-refractivity contribution in [3.8, 4) is 0 Å². The average molecular weight is 569 g/mol. The van der Waals surface area contributed by atoms with Crippen molar-refractivity contribution in [2.45, 2.75) is 50.1 Å². The molecular weight excluding hydrogens is 542 g/mol. The predicted octanol–water partition coefficient (Wildman–Crippen LogP) is 7.43. The maximum absolute atomic E-state index is 13.5. The number of amides is 1. The largest absolute Gasteiger partial charge is 0.416 e. The van der Waals surface area contributed by atoms with Crippen LogP contribution in [0.15, 0.2) is 72.8 Å². The summed E-state index contributed by atoms with van der Waals surface area (Å²) in [5.74, 6) is -0.845. The van der Waals surface area contributed by atoms with Gasteiger partial charge in [-0.3, -0.25) is 4.79 Å². The fourth-order valence-corrected chi connectivity index (χ4v) is 5.17. The van der Waals surface area contributed by atoms with Crippen LogP contribution in [0.3, 0.4) is 0 Å². The lowest BCUT2D eigenvalue weighted by molar-refractivity contribution is -0.143. The normalized spacial score (nSPS) is 18.3. The Hall–Kier alpha value is -3.04. The van der Waals surface area contributed by atoms with E-state index in [9.17, 15) is 31.1 Å². The van der Waals surface area contributed by atoms with E-state index in [2.05, 4.69) is 5.32 Å². The number of rotatable bonds is 7. The third kappa shape index (κ3) is 7.54. The highest BCUT2D eigenvalue weighted by Gasteiger charge is 2.39. The molecule has 4 rings (SSSR count). The van der Waals surface area contributed by atoms with Crippen LogP contribution in [0.4, 0.5) is 26.3 Å². The molecule has 0 aliphatic carbocycles. The van der Waals surface area contributed by atoms with Crippen LogP contribution >= 0.6 is 11.6 Å². The Bertz CT molecular complexity index is 1250. The quantitative estimate of drug-likeness (QED) is 0.301. The number of nitrogens with one attached hydrogen (secondary N) is 1. The molecule has 0 bridgehead atoms. The average Bonchev–Trinajstić information content (AvgIpc) is 2.89. The molecule has 1 fully saturated rings. The summed E-state index contributed by atoms with van der Waals surface area (Å²) in [5.41, 5.74) is -1.73. The van der Waals surface area contributed by atoms with Crippen molar-refractivity contribution in [3.05, 3.63) is 106 Å². The van der Waals surface area contributed by atoms with Gasteiger partial charge in [-0.2, -0.15) is 26.3 Å². The Morgan fingerprint density at radius 2 is 1.51 bits per heavy atom. The van der Waals surface area contributed by atoms with Gasteiger partial charge >= 0.3 is 12.4 Å². The van der Waals surface area contributed by atoms with Gasteiger partial charge in [-0.05, 0) is 67.6 Å². The van der Waals surface area contributed by atoms with Crippen LogP contribution in [0.25, 0.3) is 0 Å². The van der Waals surface area contributed by atoms with Crippen molar-refractivity contribution in [1.82, 2.24) is 10.2 Å². The monoisotopic (exact) mass is 568 g/mol. The van der Waals surface area contributed by atoms with Crippen molar-refractivity contribution in [2.75, 3.05) is 13.1 Å². The maximum atomic E-state index is 13.5. The molecule has 0 saturated carbocycles. The molecule has 208 valence electrons. The summed E-state index contributed by atoms with van der Waals surface area (Å²) in [6, 6.07) is 17.4. The van der Waals surface area contributed by atoms with E-state index in [0.29, 0.717) is 49.4 Å². The van der Waals surface area contributed by atoms with Crippen LogP contribution in [0.2, 0.25) is 5.02 Å². The summed E-state index contributed by atoms with van der Waals surface area (Å²) >= 11 is 6.24. The number of hydrogen-bond acceptors (Lipinski definition) is 2. The highest BCUT2D eigenvalue weighted by atomic mass is 35.5. The molecule has 1 heterocycles. The fraction of sp³-hybridized carbons (Fsp3) is 0.345. The van der Waals surface area contributed by atoms with E-state index >= 15 is 0 Å². The first-order valence-corrected chi connectivity index (χ1v) is 12.9. The van der Waals surface area contributed by atoms with Gasteiger partial charge in [0.05, 0.1) is 11.1 Å². The zero-order valence-electron chi connectivity index (χ0n) is 20.8. The SMILES string of the molecule is O=C(c1cc(C(F)(F)F)cc(C(F)(F)F)c1)N1CC[C@H](NCCc2ccccc2Cl)C[C@@H]1Cc1ccccc1. The summed E-state index contributed by atoms with van der Waals surface area (Å²) < 4.78 is 80.5. The van der Waals surface area contributed by atoms with Gasteiger partial charge in [0.15, 0.2) is 0 Å². The molecule has 0 aromatic heterocycles. The summed E-state index contributed by atoms with van der Waals surface area (Å²) in [6.45, 7) is 0.820. The molecule has 10 heteroatoms. The van der Waals surface area contributed by atoms with Gasteiger partial charge in [0.1, 0.15) is 0 Å². The van der Waals surface area contributed by atoms with Crippen LogP contribution in [-0.2, 0) is 25.2 Å². The van der Waals surface area contributed by atoms with E-state index in [1.165, 1.54) is 4.90 Å². The van der Waals surface area contributed by atoms with Gasteiger partial charge in [0.2, 0.25) is 0 Å². The van der Waals surface area contributed by atoms with E-state index in [4.69, 9.17) is 11.6 Å². The minimum atomic E-state index is -5.03. The molecule has 1 amide bonds. The fourth-order valence-electron chi connectivity index (χ4n) is 4.94. The molecule has 1 N–H and O–H groups in total. The minimum Gasteiger partial charge on any atom is -0.335 e. The standard InChI is InChI=1S/C29H27ClF6N2O/c30-26-9-5-4-8-20(26)10-12-37-24-11-13-38(25(18-24)14-19-6-2-1-3-7-19)27(39)21-15-22(28(31,32)33)17-23(16-21)29(34,35)36/h1-9,15-17,24-25,37H,10-14,18H2/t24-,25-/m0/s1. The van der Waals surface area contributed by atoms with E-state index in [1.807, 2.05) is 54.6 Å². The van der Waals surface area contributed by atoms with E-state index < -0.39 is 41.0 Å². The lowest BCUT2D eigenvalue weighted by atomic mass is 9.91. The molecule has 0 unspecified atom stereocenters. The van der Waals surface area contributed by atoms with Gasteiger partial charge in [0.25, 0.3) is 5.91 Å². The van der Waals surface area contributed by atoms with Gasteiger partial charge in [-0.25, -0.2) is 0 Å². The molecule has 0 radical (unpaired) electrons. The third-order valence-corrected chi connectivity index (χ3v) is 7.28. The third-order valence-electron chi connectivity index (χ3n) is 6.91. The number of nitrogens with zero attached hydrogens (tertiary/aromatic N) is 1. The van der Waals surface area contributed by atoms with E-state index in [0.717, 1.165) is 11.1 Å². The number of carbonyl (C=O) groups excluding carboxylic acids is 1. The number of benzene rings is 3. The minimum absolute atomic E-state index is 0.0116. The summed E-state index contributed by atoms with van der Waals surface area (Å²) in [5, 5.41) is 4.14. The Balaban J connectivity index is 1.55. The van der Waals surface area contributed by atoms with Gasteiger partial charge in [0, 0.05) is 29.2 Å². The summed E-state index contributed by atoms with van der Waals surface area (Å²) in [4.78, 5) is 14.9. The van der Waals surface area contributed by atoms with Crippen LogP contribution < -0.4 is 5.32 Å². The van der Waals surface area contributed by atoms with Crippen molar-refractivity contribution >= 4 is 17.5 Å². The molecule has 1 aliphatic rings. The molecule has 3 nitrogen and oxygen atoms in total. The molecule has 3 aromatic rings. The number of halogens is 7. The number of alkyl halides is 6. The molecular formula is C29H27ClF6N2O. The summed E-state index contributed by atoms with van der Waals surface area (Å²) in [6.07, 6.45) is -7.96. The highest BCUT2D eigenvalue weighted by molar-refractivity contribution is 6.31. The molecule has 39 heavy (non-hydrogen) atoms. The smallest absolute Gasteiger partial charge is 0.335 e. The molecule has 2 atom stereocenters. The van der Waals surface area contributed by atoms with Crippen LogP contribution in [0.5, 0.6) is 0 Å². The second-order valence-electron chi connectivity index (χ2n) is 9.65. The van der Waals surface area contributed by atoms with Crippen molar-refractivity contribution in [3.63, 3.8) is 0 Å². The van der Waals surface area contributed by atoms with Gasteiger partial charge in [-0.15, -0.1) is 0 Å². The first-order chi connectivity index (χ1) is 18.4. The van der Waals surface area contributed by atoms with Crippen LogP contribution in [0, 0.1) is 0 Å². The zero-order valence-corrected chi connectivity index (χ0v) is 21.6. The highest BCUT2D eigenvalue weighted by Crippen LogP contribution is 2.37. The molecule has 0 spiro atoms. The predicted molar refractivity (Wildman–Crippen MR) is 138 cm³/mol. The van der Waals surface area contributed by atoms with Crippen LogP contribution in [0.1, 0.15) is 45.5 Å². The van der Waals surface area contributed by atoms with E-state index in [1.54, 1.807) is 0 Å². The number of hydrogen-bond donors (Lipinski definition) is 1. The van der Waals surface area contributed by atoms with Crippen molar-refractivity contribution < 1.29 is 31.1 Å². The van der Waals surface area contributed by atoms with Crippen LogP contribution in [-0.4, -0.2) is 36.0 Å². The Morgan fingerprint density at radius 1 is 0.897 bits per heavy atom. The van der Waals surface area contributed by atoms with E-state index in [-0.39, 0.29) is 18.7 Å². The molecule has 3 aromatic carbocycles. The lowest BCUT2D eigenvalue weighted by Crippen LogP contribution is -2.52. The number of likely N-dealkylation sites (tertiary alicyclic amines) is 1. The molecule has 1 aliphatic heterocycles. The Kier molecular flexibility index (Phi) is 8.91. The van der Waals surface area contributed by atoms with Gasteiger partial charge < -0.3 is 10.2 Å². The summed E-state index contributed by atoms with van der Waals surface area (Å²) in [7, 11) is 0. The van der Waals surface area contributed by atoms with Crippen molar-refractivity contribution in [2.24, 2.45) is 0 Å². The Morgan fingerprint density at radius 3 is 2.13 bits per heavy atom. The number of carbonyl (C=O) groups is 1. The lowest BCUT2D eigenvalue weighted by Gasteiger charge is -2.40. The first kappa shape index (κ1) is 29.0. The number of piperidine rings is 1. The Labute approximate surface area is 227 Å². The first-order valence-electron chi connectivity index (χ1n) is 12.5. The second kappa shape index (κ2) is 12.0. The maximum Gasteiger partial charge on any atom is 0.416 e. The van der Waals surface area contributed by atoms with Gasteiger partial charge in [-0.1, -0.05) is 60.1 Å². The second-order valence-corrected chi connectivity index (χ2v) is 10.1. The topological polar surface area (TPSA) is 32.3 Å². The van der Waals surface area contributed by atoms with Crippen molar-refractivity contribution in [1.29, 1.82) is 0 Å². The zero-order chi connectivity index (χ0) is 28.2. The molecule has 1 saturated heterocycles.